The number of carboxylic acids is 1. The normalized spacial score (nSPS) is 10.2. The van der Waals surface area contributed by atoms with E-state index < -0.39 is 23.6 Å². The number of hydrogen-bond acceptors (Lipinski definition) is 2. The van der Waals surface area contributed by atoms with E-state index in [9.17, 15) is 18.4 Å². The Labute approximate surface area is 115 Å². The molecule has 3 N–H and O–H groups in total. The van der Waals surface area contributed by atoms with E-state index in [-0.39, 0.29) is 24.2 Å². The van der Waals surface area contributed by atoms with Crippen molar-refractivity contribution in [2.24, 2.45) is 0 Å². The molecule has 0 aliphatic heterocycles. The Balaban J connectivity index is 2.39. The van der Waals surface area contributed by atoms with Crippen LogP contribution in [-0.4, -0.2) is 23.7 Å². The lowest BCUT2D eigenvalue weighted by atomic mass is 10.2. The molecule has 0 aliphatic carbocycles. The second kappa shape index (κ2) is 7.42. The van der Waals surface area contributed by atoms with E-state index >= 15 is 0 Å². The van der Waals surface area contributed by atoms with Gasteiger partial charge in [-0.1, -0.05) is 0 Å². The summed E-state index contributed by atoms with van der Waals surface area (Å²) in [6.07, 6.45) is 0.953. The number of halogens is 2. The first-order valence-corrected chi connectivity index (χ1v) is 6.12. The topological polar surface area (TPSA) is 78.4 Å². The third kappa shape index (κ3) is 5.21. The Hall–Kier alpha value is -2.18. The number of carbonyl (C=O) groups excluding carboxylic acids is 1. The highest BCUT2D eigenvalue weighted by Crippen LogP contribution is 2.18. The van der Waals surface area contributed by atoms with Crippen LogP contribution >= 0.6 is 0 Å². The first kappa shape index (κ1) is 15.9. The highest BCUT2D eigenvalue weighted by molar-refractivity contribution is 5.89. The van der Waals surface area contributed by atoms with Crippen LogP contribution in [0.15, 0.2) is 12.1 Å². The first-order valence-electron chi connectivity index (χ1n) is 6.12. The second-order valence-corrected chi connectivity index (χ2v) is 4.31. The molecule has 0 aliphatic rings. The number of urea groups is 1. The largest absolute Gasteiger partial charge is 0.481 e. The van der Waals surface area contributed by atoms with E-state index in [1.807, 2.05) is 0 Å². The molecule has 0 atom stereocenters. The maximum Gasteiger partial charge on any atom is 0.319 e. The fourth-order valence-electron chi connectivity index (χ4n) is 1.51. The average Bonchev–Trinajstić information content (AvgIpc) is 2.35. The Morgan fingerprint density at radius 1 is 1.20 bits per heavy atom. The van der Waals surface area contributed by atoms with Gasteiger partial charge in [0.15, 0.2) is 0 Å². The van der Waals surface area contributed by atoms with Crippen molar-refractivity contribution in [1.82, 2.24) is 5.32 Å². The lowest BCUT2D eigenvalue weighted by Crippen LogP contribution is -2.30. The standard InChI is InChI=1S/C13H16F2N2O3/c1-8-6-10(15)11(7-9(8)14)17-13(20)16-5-3-2-4-12(18)19/h6-7H,2-5H2,1H3,(H,18,19)(H2,16,17,20). The minimum atomic E-state index is -0.897. The zero-order chi connectivity index (χ0) is 15.1. The third-order valence-electron chi connectivity index (χ3n) is 2.60. The van der Waals surface area contributed by atoms with Crippen LogP contribution in [0.3, 0.4) is 0 Å². The second-order valence-electron chi connectivity index (χ2n) is 4.31. The predicted octanol–water partition coefficient (Wildman–Crippen LogP) is 2.65. The fourth-order valence-corrected chi connectivity index (χ4v) is 1.51. The number of aryl methyl sites for hydroxylation is 1. The van der Waals surface area contributed by atoms with Crippen LogP contribution in [0.25, 0.3) is 0 Å². The highest BCUT2D eigenvalue weighted by atomic mass is 19.1. The molecule has 0 bridgehead atoms. The number of unbranched alkanes of at least 4 members (excludes halogenated alkanes) is 1. The lowest BCUT2D eigenvalue weighted by molar-refractivity contribution is -0.137. The molecule has 1 aromatic carbocycles. The number of rotatable bonds is 6. The highest BCUT2D eigenvalue weighted by Gasteiger charge is 2.10. The van der Waals surface area contributed by atoms with Gasteiger partial charge in [0.05, 0.1) is 5.69 Å². The van der Waals surface area contributed by atoms with E-state index in [2.05, 4.69) is 10.6 Å². The molecule has 1 aromatic rings. The Kier molecular flexibility index (Phi) is 5.89. The minimum absolute atomic E-state index is 0.0289. The summed E-state index contributed by atoms with van der Waals surface area (Å²) >= 11 is 0. The van der Waals surface area contributed by atoms with Gasteiger partial charge in [0.25, 0.3) is 0 Å². The van der Waals surface area contributed by atoms with Gasteiger partial charge in [-0.2, -0.15) is 0 Å². The van der Waals surface area contributed by atoms with E-state index in [4.69, 9.17) is 5.11 Å². The molecule has 7 heteroatoms. The molecule has 0 saturated carbocycles. The van der Waals surface area contributed by atoms with Gasteiger partial charge in [-0.3, -0.25) is 4.79 Å². The van der Waals surface area contributed by atoms with E-state index in [0.29, 0.717) is 12.8 Å². The Morgan fingerprint density at radius 2 is 1.90 bits per heavy atom. The van der Waals surface area contributed by atoms with Crippen molar-refractivity contribution in [1.29, 1.82) is 0 Å². The molecule has 20 heavy (non-hydrogen) atoms. The summed E-state index contributed by atoms with van der Waals surface area (Å²) in [7, 11) is 0. The smallest absolute Gasteiger partial charge is 0.319 e. The van der Waals surface area contributed by atoms with Crippen LogP contribution in [0.5, 0.6) is 0 Å². The number of hydrogen-bond donors (Lipinski definition) is 3. The monoisotopic (exact) mass is 286 g/mol. The van der Waals surface area contributed by atoms with Gasteiger partial charge in [0.1, 0.15) is 11.6 Å². The Bertz CT molecular complexity index is 507. The third-order valence-corrected chi connectivity index (χ3v) is 2.60. The van der Waals surface area contributed by atoms with Crippen LogP contribution in [-0.2, 0) is 4.79 Å². The molecule has 5 nitrogen and oxygen atoms in total. The molecule has 1 rings (SSSR count). The van der Waals surface area contributed by atoms with Crippen molar-refractivity contribution in [3.63, 3.8) is 0 Å². The van der Waals surface area contributed by atoms with Crippen LogP contribution in [0.1, 0.15) is 24.8 Å². The van der Waals surface area contributed by atoms with Gasteiger partial charge in [0, 0.05) is 19.0 Å². The van der Waals surface area contributed by atoms with E-state index in [0.717, 1.165) is 12.1 Å². The fraction of sp³-hybridized carbons (Fsp3) is 0.385. The number of nitrogens with one attached hydrogen (secondary N) is 2. The van der Waals surface area contributed by atoms with Crippen LogP contribution < -0.4 is 10.6 Å². The zero-order valence-electron chi connectivity index (χ0n) is 11.0. The summed E-state index contributed by atoms with van der Waals surface area (Å²) in [6, 6.07) is 1.24. The molecule has 0 unspecified atom stereocenters. The molecular weight excluding hydrogens is 270 g/mol. The number of anilines is 1. The van der Waals surface area contributed by atoms with Crippen molar-refractivity contribution in [3.05, 3.63) is 29.3 Å². The molecule has 2 amide bonds. The first-order chi connectivity index (χ1) is 9.40. The van der Waals surface area contributed by atoms with Gasteiger partial charge < -0.3 is 15.7 Å². The van der Waals surface area contributed by atoms with E-state index in [1.54, 1.807) is 0 Å². The Morgan fingerprint density at radius 3 is 2.55 bits per heavy atom. The lowest BCUT2D eigenvalue weighted by Gasteiger charge is -2.09. The molecule has 0 heterocycles. The van der Waals surface area contributed by atoms with Gasteiger partial charge in [0.2, 0.25) is 0 Å². The summed E-state index contributed by atoms with van der Waals surface area (Å²) in [4.78, 5) is 21.7. The molecule has 0 fully saturated rings. The molecule has 110 valence electrons. The maximum atomic E-state index is 13.4. The number of aliphatic carboxylic acids is 1. The number of amides is 2. The summed E-state index contributed by atoms with van der Waals surface area (Å²) in [5.74, 6) is -2.22. The number of benzene rings is 1. The zero-order valence-corrected chi connectivity index (χ0v) is 11.0. The SMILES string of the molecule is Cc1cc(F)c(NC(=O)NCCCCC(=O)O)cc1F. The van der Waals surface area contributed by atoms with Crippen molar-refractivity contribution >= 4 is 17.7 Å². The van der Waals surface area contributed by atoms with Crippen LogP contribution in [0, 0.1) is 18.6 Å². The summed E-state index contributed by atoms with van der Waals surface area (Å²) in [5.41, 5.74) is -0.0849. The average molecular weight is 286 g/mol. The molecular formula is C13H16F2N2O3. The summed E-state index contributed by atoms with van der Waals surface area (Å²) in [5, 5.41) is 13.0. The van der Waals surface area contributed by atoms with Gasteiger partial charge >= 0.3 is 12.0 Å². The van der Waals surface area contributed by atoms with Crippen LogP contribution in [0.2, 0.25) is 0 Å². The number of carboxylic acid groups (broad SMARTS) is 1. The molecule has 0 aromatic heterocycles. The van der Waals surface area contributed by atoms with Crippen molar-refractivity contribution in [3.8, 4) is 0 Å². The van der Waals surface area contributed by atoms with Crippen molar-refractivity contribution in [2.45, 2.75) is 26.2 Å². The summed E-state index contributed by atoms with van der Waals surface area (Å²) in [6.45, 7) is 1.68. The van der Waals surface area contributed by atoms with Crippen molar-refractivity contribution < 1.29 is 23.5 Å². The molecule has 0 spiro atoms. The van der Waals surface area contributed by atoms with Crippen molar-refractivity contribution in [2.75, 3.05) is 11.9 Å². The molecule has 0 saturated heterocycles. The predicted molar refractivity (Wildman–Crippen MR) is 69.6 cm³/mol. The quantitative estimate of drug-likeness (QED) is 0.703. The van der Waals surface area contributed by atoms with Crippen LogP contribution in [0.4, 0.5) is 19.3 Å². The minimum Gasteiger partial charge on any atom is -0.481 e. The molecule has 0 radical (unpaired) electrons. The van der Waals surface area contributed by atoms with Gasteiger partial charge in [-0.05, 0) is 31.4 Å². The number of carbonyl (C=O) groups is 2. The van der Waals surface area contributed by atoms with E-state index in [1.165, 1.54) is 6.92 Å². The van der Waals surface area contributed by atoms with Gasteiger partial charge in [-0.15, -0.1) is 0 Å². The summed E-state index contributed by atoms with van der Waals surface area (Å²) < 4.78 is 26.7. The van der Waals surface area contributed by atoms with Gasteiger partial charge in [-0.25, -0.2) is 13.6 Å². The maximum absolute atomic E-state index is 13.4.